The highest BCUT2D eigenvalue weighted by molar-refractivity contribution is 9.09. The first kappa shape index (κ1) is 13.3. The van der Waals surface area contributed by atoms with Crippen LogP contribution in [0.15, 0.2) is 0 Å². The van der Waals surface area contributed by atoms with Crippen molar-refractivity contribution in [3.05, 3.63) is 5.82 Å². The molecule has 96 valence electrons. The molecular weight excluding hydrogens is 298 g/mol. The summed E-state index contributed by atoms with van der Waals surface area (Å²) in [5.74, 6) is 1.41. The summed E-state index contributed by atoms with van der Waals surface area (Å²) in [5, 5.41) is 2.14. The van der Waals surface area contributed by atoms with Crippen molar-refractivity contribution >= 4 is 32.6 Å². The summed E-state index contributed by atoms with van der Waals surface area (Å²) in [6.07, 6.45) is 5.22. The third-order valence-electron chi connectivity index (χ3n) is 3.25. The molecule has 1 aromatic heterocycles. The summed E-state index contributed by atoms with van der Waals surface area (Å²) in [6, 6.07) is 0.588. The predicted octanol–water partition coefficient (Wildman–Crippen LogP) is 3.81. The van der Waals surface area contributed by atoms with E-state index in [0.29, 0.717) is 12.0 Å². The van der Waals surface area contributed by atoms with Gasteiger partial charge in [0.05, 0.1) is 0 Å². The molecule has 1 aliphatic rings. The Labute approximate surface area is 116 Å². The van der Waals surface area contributed by atoms with Gasteiger partial charge in [0.2, 0.25) is 5.13 Å². The van der Waals surface area contributed by atoms with Gasteiger partial charge >= 0.3 is 0 Å². The van der Waals surface area contributed by atoms with Crippen molar-refractivity contribution in [1.82, 2.24) is 9.36 Å². The molecule has 3 nitrogen and oxygen atoms in total. The quantitative estimate of drug-likeness (QED) is 0.794. The van der Waals surface area contributed by atoms with E-state index in [2.05, 4.69) is 44.0 Å². The van der Waals surface area contributed by atoms with Gasteiger partial charge in [0.15, 0.2) is 0 Å². The summed E-state index contributed by atoms with van der Waals surface area (Å²) in [6.45, 7) is 5.43. The Kier molecular flexibility index (Phi) is 4.79. The third kappa shape index (κ3) is 3.19. The zero-order valence-electron chi connectivity index (χ0n) is 10.5. The van der Waals surface area contributed by atoms with Gasteiger partial charge in [-0.1, -0.05) is 42.6 Å². The number of aromatic nitrogens is 2. The Balaban J connectivity index is 2.16. The lowest BCUT2D eigenvalue weighted by Gasteiger charge is -2.27. The molecular formula is C12H20BrN3S. The minimum absolute atomic E-state index is 0.425. The van der Waals surface area contributed by atoms with E-state index in [1.807, 2.05) is 0 Å². The number of anilines is 1. The summed E-state index contributed by atoms with van der Waals surface area (Å²) in [5.41, 5.74) is 0. The summed E-state index contributed by atoms with van der Waals surface area (Å²) < 4.78 is 4.46. The normalized spacial score (nSPS) is 21.9. The van der Waals surface area contributed by atoms with Crippen LogP contribution < -0.4 is 4.90 Å². The van der Waals surface area contributed by atoms with Gasteiger partial charge in [-0.3, -0.25) is 0 Å². The fourth-order valence-electron chi connectivity index (χ4n) is 2.17. The predicted molar refractivity (Wildman–Crippen MR) is 77.4 cm³/mol. The van der Waals surface area contributed by atoms with E-state index in [1.54, 1.807) is 11.5 Å². The molecule has 0 bridgehead atoms. The van der Waals surface area contributed by atoms with Crippen molar-refractivity contribution < 1.29 is 0 Å². The van der Waals surface area contributed by atoms with Crippen molar-refractivity contribution in [2.75, 3.05) is 16.8 Å². The average Bonchev–Trinajstić information content (AvgIpc) is 2.68. The molecule has 1 aliphatic heterocycles. The Morgan fingerprint density at radius 2 is 2.24 bits per heavy atom. The highest BCUT2D eigenvalue weighted by Gasteiger charge is 2.23. The smallest absolute Gasteiger partial charge is 0.205 e. The van der Waals surface area contributed by atoms with E-state index in [1.165, 1.54) is 25.7 Å². The van der Waals surface area contributed by atoms with Gasteiger partial charge in [-0.15, -0.1) is 0 Å². The van der Waals surface area contributed by atoms with Crippen LogP contribution in [-0.4, -0.2) is 27.3 Å². The van der Waals surface area contributed by atoms with E-state index >= 15 is 0 Å². The van der Waals surface area contributed by atoms with E-state index in [-0.39, 0.29) is 0 Å². The molecule has 2 heterocycles. The van der Waals surface area contributed by atoms with E-state index < -0.39 is 0 Å². The minimum Gasteiger partial charge on any atom is -0.343 e. The number of alkyl halides is 1. The van der Waals surface area contributed by atoms with Crippen LogP contribution in [0.25, 0.3) is 0 Å². The van der Waals surface area contributed by atoms with Crippen LogP contribution in [0.1, 0.15) is 51.3 Å². The number of hydrogen-bond acceptors (Lipinski definition) is 4. The van der Waals surface area contributed by atoms with Crippen LogP contribution in [-0.2, 0) is 0 Å². The molecule has 1 fully saturated rings. The summed E-state index contributed by atoms with van der Waals surface area (Å²) in [7, 11) is 0. The highest BCUT2D eigenvalue weighted by atomic mass is 79.9. The molecule has 0 N–H and O–H groups in total. The molecule has 5 heteroatoms. The largest absolute Gasteiger partial charge is 0.343 e. The van der Waals surface area contributed by atoms with Crippen molar-refractivity contribution in [2.45, 2.75) is 51.5 Å². The molecule has 17 heavy (non-hydrogen) atoms. The molecule has 0 radical (unpaired) electrons. The van der Waals surface area contributed by atoms with Crippen LogP contribution in [0.5, 0.6) is 0 Å². The zero-order chi connectivity index (χ0) is 12.3. The van der Waals surface area contributed by atoms with Gasteiger partial charge in [0, 0.05) is 35.4 Å². The van der Waals surface area contributed by atoms with E-state index in [9.17, 15) is 0 Å². The van der Waals surface area contributed by atoms with Crippen molar-refractivity contribution in [2.24, 2.45) is 0 Å². The number of nitrogens with zero attached hydrogens (tertiary/aromatic N) is 3. The van der Waals surface area contributed by atoms with E-state index in [0.717, 1.165) is 22.8 Å². The molecule has 1 atom stereocenters. The second kappa shape index (κ2) is 6.14. The first-order valence-electron chi connectivity index (χ1n) is 6.38. The SMILES string of the molecule is CC(C)c1nsc(N2CCCCCC2CBr)n1. The zero-order valence-corrected chi connectivity index (χ0v) is 12.9. The second-order valence-corrected chi connectivity index (χ2v) is 6.32. The number of halogens is 1. The van der Waals surface area contributed by atoms with Gasteiger partial charge in [-0.2, -0.15) is 4.37 Å². The Morgan fingerprint density at radius 3 is 2.88 bits per heavy atom. The van der Waals surface area contributed by atoms with Gasteiger partial charge in [-0.25, -0.2) is 4.98 Å². The van der Waals surface area contributed by atoms with Crippen LogP contribution in [0.2, 0.25) is 0 Å². The van der Waals surface area contributed by atoms with Crippen LogP contribution in [0.4, 0.5) is 5.13 Å². The molecule has 1 saturated heterocycles. The topological polar surface area (TPSA) is 29.0 Å². The van der Waals surface area contributed by atoms with E-state index in [4.69, 9.17) is 0 Å². The maximum Gasteiger partial charge on any atom is 0.205 e. The Hall–Kier alpha value is -0.160. The molecule has 0 aromatic carbocycles. The lowest BCUT2D eigenvalue weighted by molar-refractivity contribution is 0.624. The monoisotopic (exact) mass is 317 g/mol. The maximum absolute atomic E-state index is 4.69. The lowest BCUT2D eigenvalue weighted by atomic mass is 10.1. The highest BCUT2D eigenvalue weighted by Crippen LogP contribution is 2.28. The van der Waals surface area contributed by atoms with Crippen LogP contribution in [0.3, 0.4) is 0 Å². The minimum atomic E-state index is 0.425. The average molecular weight is 318 g/mol. The van der Waals surface area contributed by atoms with Crippen molar-refractivity contribution in [1.29, 1.82) is 0 Å². The molecule has 1 aromatic rings. The first-order valence-corrected chi connectivity index (χ1v) is 8.28. The summed E-state index contributed by atoms with van der Waals surface area (Å²) in [4.78, 5) is 7.14. The molecule has 0 spiro atoms. The summed E-state index contributed by atoms with van der Waals surface area (Å²) >= 11 is 5.19. The molecule has 2 rings (SSSR count). The van der Waals surface area contributed by atoms with Gasteiger partial charge in [-0.05, 0) is 12.8 Å². The van der Waals surface area contributed by atoms with Gasteiger partial charge < -0.3 is 4.90 Å². The Morgan fingerprint density at radius 1 is 1.41 bits per heavy atom. The fourth-order valence-corrected chi connectivity index (χ4v) is 3.75. The Bertz CT molecular complexity index is 353. The lowest BCUT2D eigenvalue weighted by Crippen LogP contribution is -2.36. The first-order chi connectivity index (χ1) is 8.22. The molecule has 0 amide bonds. The molecule has 0 saturated carbocycles. The molecule has 1 unspecified atom stereocenters. The number of rotatable bonds is 3. The second-order valence-electron chi connectivity index (χ2n) is 4.94. The van der Waals surface area contributed by atoms with Gasteiger partial charge in [0.25, 0.3) is 0 Å². The molecule has 0 aliphatic carbocycles. The van der Waals surface area contributed by atoms with Crippen LogP contribution >= 0.6 is 27.5 Å². The van der Waals surface area contributed by atoms with Crippen LogP contribution in [0, 0.1) is 0 Å². The van der Waals surface area contributed by atoms with Crippen molar-refractivity contribution in [3.63, 3.8) is 0 Å². The van der Waals surface area contributed by atoms with Gasteiger partial charge in [0.1, 0.15) is 5.82 Å². The number of hydrogen-bond donors (Lipinski definition) is 0. The standard InChI is InChI=1S/C12H20BrN3S/c1-9(2)11-14-12(17-15-11)16-7-5-3-4-6-10(16)8-13/h9-10H,3-8H2,1-2H3. The maximum atomic E-state index is 4.69. The van der Waals surface area contributed by atoms with Crippen molar-refractivity contribution in [3.8, 4) is 0 Å². The third-order valence-corrected chi connectivity index (χ3v) is 4.76. The fraction of sp³-hybridized carbons (Fsp3) is 0.833.